The molecule has 2 amide bonds. The van der Waals surface area contributed by atoms with Crippen molar-refractivity contribution in [1.82, 2.24) is 0 Å². The zero-order chi connectivity index (χ0) is 19.6. The lowest BCUT2D eigenvalue weighted by Gasteiger charge is -2.29. The number of fused-ring (bicyclic) bond motifs is 1. The van der Waals surface area contributed by atoms with Crippen LogP contribution in [-0.4, -0.2) is 25.0 Å². The fraction of sp³-hybridized carbons (Fsp3) is 0.222. The highest BCUT2D eigenvalue weighted by atomic mass is 35.5. The van der Waals surface area contributed by atoms with Gasteiger partial charge >= 0.3 is 6.18 Å². The molecule has 0 radical (unpaired) electrons. The minimum absolute atomic E-state index is 0.0101. The van der Waals surface area contributed by atoms with Gasteiger partial charge in [-0.25, -0.2) is 0 Å². The van der Waals surface area contributed by atoms with Crippen molar-refractivity contribution in [3.8, 4) is 5.75 Å². The lowest BCUT2D eigenvalue weighted by atomic mass is 10.2. The number of alkyl halides is 3. The largest absolute Gasteiger partial charge is 0.482 e. The summed E-state index contributed by atoms with van der Waals surface area (Å²) in [5.74, 6) is -0.343. The van der Waals surface area contributed by atoms with Crippen molar-refractivity contribution in [1.29, 1.82) is 0 Å². The number of rotatable bonds is 4. The second kappa shape index (κ2) is 7.48. The van der Waals surface area contributed by atoms with E-state index in [9.17, 15) is 22.8 Å². The zero-order valence-corrected chi connectivity index (χ0v) is 14.6. The molecule has 2 aromatic carbocycles. The van der Waals surface area contributed by atoms with Crippen molar-refractivity contribution in [2.75, 3.05) is 23.4 Å². The first-order valence-electron chi connectivity index (χ1n) is 7.94. The van der Waals surface area contributed by atoms with Crippen molar-refractivity contribution >= 4 is 34.8 Å². The number of ether oxygens (including phenoxy) is 1. The van der Waals surface area contributed by atoms with Crippen LogP contribution in [0.25, 0.3) is 0 Å². The van der Waals surface area contributed by atoms with Gasteiger partial charge in [-0.2, -0.15) is 13.2 Å². The summed E-state index contributed by atoms with van der Waals surface area (Å²) in [6.07, 6.45) is -4.67. The summed E-state index contributed by atoms with van der Waals surface area (Å²) in [6, 6.07) is 9.56. The van der Waals surface area contributed by atoms with Crippen molar-refractivity contribution < 1.29 is 27.5 Å². The number of nitrogens with one attached hydrogen (secondary N) is 1. The Morgan fingerprint density at radius 1 is 1.22 bits per heavy atom. The van der Waals surface area contributed by atoms with E-state index in [0.717, 1.165) is 18.2 Å². The summed E-state index contributed by atoms with van der Waals surface area (Å²) < 4.78 is 43.7. The standard InChI is InChI=1S/C18H14ClF3N2O3/c19-12-6-5-11(18(20,21)22)9-13(12)23-16(25)7-8-24-14-3-1-2-4-15(14)27-10-17(24)26/h1-6,9H,7-8,10H2,(H,23,25). The number of carbonyl (C=O) groups excluding carboxylic acids is 2. The molecule has 2 aromatic rings. The predicted molar refractivity (Wildman–Crippen MR) is 94.0 cm³/mol. The van der Waals surface area contributed by atoms with Crippen molar-refractivity contribution in [2.45, 2.75) is 12.6 Å². The monoisotopic (exact) mass is 398 g/mol. The van der Waals surface area contributed by atoms with Crippen LogP contribution in [0.3, 0.4) is 0 Å². The molecule has 0 bridgehead atoms. The van der Waals surface area contributed by atoms with Crippen LogP contribution < -0.4 is 15.0 Å². The van der Waals surface area contributed by atoms with Gasteiger partial charge in [0.2, 0.25) is 5.91 Å². The van der Waals surface area contributed by atoms with Gasteiger partial charge in [0.05, 0.1) is 22.0 Å². The maximum absolute atomic E-state index is 12.8. The molecule has 0 spiro atoms. The molecule has 0 aliphatic carbocycles. The zero-order valence-electron chi connectivity index (χ0n) is 13.8. The highest BCUT2D eigenvalue weighted by Crippen LogP contribution is 2.34. The van der Waals surface area contributed by atoms with Crippen molar-refractivity contribution in [2.24, 2.45) is 0 Å². The smallest absolute Gasteiger partial charge is 0.416 e. The van der Waals surface area contributed by atoms with E-state index in [-0.39, 0.29) is 36.2 Å². The van der Waals surface area contributed by atoms with Gasteiger partial charge in [-0.1, -0.05) is 23.7 Å². The first-order valence-corrected chi connectivity index (χ1v) is 8.32. The average molecular weight is 399 g/mol. The van der Waals surface area contributed by atoms with Crippen LogP contribution in [-0.2, 0) is 15.8 Å². The Hall–Kier alpha value is -2.74. The molecule has 1 aliphatic heterocycles. The summed E-state index contributed by atoms with van der Waals surface area (Å²) in [5, 5.41) is 2.35. The van der Waals surface area contributed by atoms with E-state index in [1.807, 2.05) is 0 Å². The number of nitrogens with zero attached hydrogens (tertiary/aromatic N) is 1. The van der Waals surface area contributed by atoms with Gasteiger partial charge in [0.15, 0.2) is 6.61 Å². The molecule has 0 saturated heterocycles. The third-order valence-electron chi connectivity index (χ3n) is 3.94. The number of amides is 2. The predicted octanol–water partition coefficient (Wildman–Crippen LogP) is 4.11. The number of para-hydroxylation sites is 2. The van der Waals surface area contributed by atoms with E-state index in [1.165, 1.54) is 4.90 Å². The van der Waals surface area contributed by atoms with Gasteiger partial charge in [-0.15, -0.1) is 0 Å². The Labute approximate surface area is 157 Å². The molecule has 27 heavy (non-hydrogen) atoms. The fourth-order valence-corrected chi connectivity index (χ4v) is 2.79. The van der Waals surface area contributed by atoms with E-state index in [1.54, 1.807) is 24.3 Å². The molecular weight excluding hydrogens is 385 g/mol. The van der Waals surface area contributed by atoms with E-state index in [4.69, 9.17) is 16.3 Å². The van der Waals surface area contributed by atoms with Crippen LogP contribution in [0.4, 0.5) is 24.5 Å². The van der Waals surface area contributed by atoms with Gasteiger partial charge in [0.1, 0.15) is 5.75 Å². The fourth-order valence-electron chi connectivity index (χ4n) is 2.62. The molecule has 9 heteroatoms. The van der Waals surface area contributed by atoms with Crippen LogP contribution in [0.2, 0.25) is 5.02 Å². The summed E-state index contributed by atoms with van der Waals surface area (Å²) in [4.78, 5) is 25.6. The summed E-state index contributed by atoms with van der Waals surface area (Å²) in [6.45, 7) is -0.0836. The van der Waals surface area contributed by atoms with Crippen LogP contribution in [0, 0.1) is 0 Å². The lowest BCUT2D eigenvalue weighted by molar-refractivity contribution is -0.137. The third-order valence-corrected chi connectivity index (χ3v) is 4.27. The van der Waals surface area contributed by atoms with E-state index in [0.29, 0.717) is 11.4 Å². The first kappa shape index (κ1) is 19.0. The average Bonchev–Trinajstić information content (AvgIpc) is 2.62. The minimum atomic E-state index is -4.55. The van der Waals surface area contributed by atoms with E-state index in [2.05, 4.69) is 5.32 Å². The normalized spacial score (nSPS) is 13.8. The van der Waals surface area contributed by atoms with Gasteiger partial charge in [0.25, 0.3) is 5.91 Å². The molecule has 1 aliphatic rings. The maximum Gasteiger partial charge on any atom is 0.416 e. The molecule has 0 saturated carbocycles. The topological polar surface area (TPSA) is 58.6 Å². The van der Waals surface area contributed by atoms with Gasteiger partial charge in [0, 0.05) is 13.0 Å². The van der Waals surface area contributed by atoms with Crippen molar-refractivity contribution in [3.05, 3.63) is 53.1 Å². The highest BCUT2D eigenvalue weighted by molar-refractivity contribution is 6.33. The Morgan fingerprint density at radius 2 is 1.96 bits per heavy atom. The number of carbonyl (C=O) groups is 2. The number of halogens is 4. The second-order valence-corrected chi connectivity index (χ2v) is 6.20. The van der Waals surface area contributed by atoms with Gasteiger partial charge in [-0.05, 0) is 30.3 Å². The third kappa shape index (κ3) is 4.33. The molecule has 1 N–H and O–H groups in total. The number of hydrogen-bond donors (Lipinski definition) is 1. The molecule has 5 nitrogen and oxygen atoms in total. The molecule has 0 fully saturated rings. The quantitative estimate of drug-likeness (QED) is 0.843. The Balaban J connectivity index is 1.68. The Kier molecular flexibility index (Phi) is 5.27. The first-order chi connectivity index (χ1) is 12.8. The summed E-state index contributed by atoms with van der Waals surface area (Å²) in [7, 11) is 0. The Morgan fingerprint density at radius 3 is 2.70 bits per heavy atom. The minimum Gasteiger partial charge on any atom is -0.482 e. The number of anilines is 2. The number of benzene rings is 2. The number of hydrogen-bond acceptors (Lipinski definition) is 3. The molecule has 0 aromatic heterocycles. The second-order valence-electron chi connectivity index (χ2n) is 5.79. The van der Waals surface area contributed by atoms with Crippen LogP contribution in [0.15, 0.2) is 42.5 Å². The van der Waals surface area contributed by atoms with Gasteiger partial charge < -0.3 is 15.0 Å². The van der Waals surface area contributed by atoms with Crippen molar-refractivity contribution in [3.63, 3.8) is 0 Å². The van der Waals surface area contributed by atoms with E-state index >= 15 is 0 Å². The van der Waals surface area contributed by atoms with Crippen LogP contribution in [0.1, 0.15) is 12.0 Å². The molecule has 1 heterocycles. The molecule has 142 valence electrons. The van der Waals surface area contributed by atoms with E-state index < -0.39 is 17.6 Å². The summed E-state index contributed by atoms with van der Waals surface area (Å²) >= 11 is 5.87. The summed E-state index contributed by atoms with van der Waals surface area (Å²) in [5.41, 5.74) is -0.511. The molecular formula is C18H14ClF3N2O3. The Bertz CT molecular complexity index is 886. The lowest BCUT2D eigenvalue weighted by Crippen LogP contribution is -2.40. The van der Waals surface area contributed by atoms with Crippen LogP contribution >= 0.6 is 11.6 Å². The maximum atomic E-state index is 12.8. The molecule has 0 unspecified atom stereocenters. The molecule has 3 rings (SSSR count). The highest BCUT2D eigenvalue weighted by Gasteiger charge is 2.31. The SMILES string of the molecule is O=C(CCN1C(=O)COc2ccccc21)Nc1cc(C(F)(F)F)ccc1Cl. The molecule has 0 atom stereocenters. The van der Waals surface area contributed by atoms with Gasteiger partial charge in [-0.3, -0.25) is 9.59 Å². The van der Waals surface area contributed by atoms with Crippen LogP contribution in [0.5, 0.6) is 5.75 Å².